The molecule has 0 saturated carbocycles. The number of alkyl halides is 1. The fraction of sp³-hybridized carbons (Fsp3) is 0.214. The molecule has 0 atom stereocenters. The molecule has 1 aromatic heterocycles. The number of hydrogen-bond donors (Lipinski definition) is 0. The van der Waals surface area contributed by atoms with Gasteiger partial charge in [0.05, 0.1) is 0 Å². The summed E-state index contributed by atoms with van der Waals surface area (Å²) in [4.78, 5) is 6.54. The monoisotopic (exact) mass is 324 g/mol. The van der Waals surface area contributed by atoms with Gasteiger partial charge in [0.1, 0.15) is 5.82 Å². The van der Waals surface area contributed by atoms with E-state index in [0.717, 1.165) is 28.3 Å². The van der Waals surface area contributed by atoms with E-state index in [1.165, 1.54) is 5.56 Å². The first-order chi connectivity index (χ1) is 8.72. The van der Waals surface area contributed by atoms with E-state index in [0.29, 0.717) is 0 Å². The zero-order valence-electron chi connectivity index (χ0n) is 10.1. The highest BCUT2D eigenvalue weighted by atomic mass is 79.9. The summed E-state index contributed by atoms with van der Waals surface area (Å²) in [5.41, 5.74) is 2.28. The summed E-state index contributed by atoms with van der Waals surface area (Å²) in [6.07, 6.45) is 1.81. The summed E-state index contributed by atoms with van der Waals surface area (Å²) >= 11 is 9.66. The molecule has 0 aliphatic rings. The van der Waals surface area contributed by atoms with Crippen molar-refractivity contribution >= 4 is 33.3 Å². The SMILES string of the molecule is CN(Cc1ccccc1Cl)c1ncccc1CBr. The number of halogens is 2. The maximum atomic E-state index is 6.17. The van der Waals surface area contributed by atoms with Gasteiger partial charge in [0.25, 0.3) is 0 Å². The molecule has 1 heterocycles. The maximum absolute atomic E-state index is 6.17. The second-order valence-electron chi connectivity index (χ2n) is 4.07. The van der Waals surface area contributed by atoms with Crippen molar-refractivity contribution in [2.24, 2.45) is 0 Å². The zero-order valence-corrected chi connectivity index (χ0v) is 12.4. The van der Waals surface area contributed by atoms with Crippen molar-refractivity contribution in [2.75, 3.05) is 11.9 Å². The third-order valence-electron chi connectivity index (χ3n) is 2.74. The molecule has 0 amide bonds. The lowest BCUT2D eigenvalue weighted by atomic mass is 10.2. The Hall–Kier alpha value is -1.06. The lowest BCUT2D eigenvalue weighted by molar-refractivity contribution is 0.890. The molecular formula is C14H14BrClN2. The van der Waals surface area contributed by atoms with Crippen LogP contribution in [0.3, 0.4) is 0 Å². The van der Waals surface area contributed by atoms with E-state index in [4.69, 9.17) is 11.6 Å². The highest BCUT2D eigenvalue weighted by Gasteiger charge is 2.09. The minimum Gasteiger partial charge on any atom is -0.355 e. The summed E-state index contributed by atoms with van der Waals surface area (Å²) in [7, 11) is 2.03. The van der Waals surface area contributed by atoms with Crippen molar-refractivity contribution < 1.29 is 0 Å². The summed E-state index contributed by atoms with van der Waals surface area (Å²) in [6, 6.07) is 11.9. The zero-order chi connectivity index (χ0) is 13.0. The lowest BCUT2D eigenvalue weighted by Crippen LogP contribution is -2.19. The Kier molecular flexibility index (Phi) is 4.61. The van der Waals surface area contributed by atoms with Gasteiger partial charge >= 0.3 is 0 Å². The third-order valence-corrected chi connectivity index (χ3v) is 3.71. The number of aromatic nitrogens is 1. The molecule has 0 spiro atoms. The second-order valence-corrected chi connectivity index (χ2v) is 5.04. The van der Waals surface area contributed by atoms with E-state index >= 15 is 0 Å². The van der Waals surface area contributed by atoms with Crippen molar-refractivity contribution in [1.82, 2.24) is 4.98 Å². The van der Waals surface area contributed by atoms with Gasteiger partial charge in [-0.2, -0.15) is 0 Å². The van der Waals surface area contributed by atoms with E-state index in [1.54, 1.807) is 0 Å². The molecule has 0 bridgehead atoms. The lowest BCUT2D eigenvalue weighted by Gasteiger charge is -2.21. The molecule has 2 nitrogen and oxygen atoms in total. The topological polar surface area (TPSA) is 16.1 Å². The van der Waals surface area contributed by atoms with Crippen LogP contribution in [0.1, 0.15) is 11.1 Å². The minimum atomic E-state index is 0.747. The van der Waals surface area contributed by atoms with Crippen LogP contribution in [-0.2, 0) is 11.9 Å². The van der Waals surface area contributed by atoms with Gasteiger partial charge < -0.3 is 4.90 Å². The maximum Gasteiger partial charge on any atom is 0.132 e. The Morgan fingerprint density at radius 2 is 1.89 bits per heavy atom. The van der Waals surface area contributed by atoms with Crippen LogP contribution in [0.15, 0.2) is 42.6 Å². The van der Waals surface area contributed by atoms with Gasteiger partial charge in [-0.1, -0.05) is 51.8 Å². The Balaban J connectivity index is 2.22. The van der Waals surface area contributed by atoms with Crippen LogP contribution in [0.4, 0.5) is 5.82 Å². The van der Waals surface area contributed by atoms with Crippen molar-refractivity contribution in [3.63, 3.8) is 0 Å². The highest BCUT2D eigenvalue weighted by Crippen LogP contribution is 2.22. The minimum absolute atomic E-state index is 0.747. The van der Waals surface area contributed by atoms with Crippen molar-refractivity contribution in [3.8, 4) is 0 Å². The predicted octanol–water partition coefficient (Wildman–Crippen LogP) is 4.27. The summed E-state index contributed by atoms with van der Waals surface area (Å²) in [6.45, 7) is 0.747. The standard InChI is InChI=1S/C14H14BrClN2/c1-18(10-12-5-2-3-7-13(12)16)14-11(9-15)6-4-8-17-14/h2-8H,9-10H2,1H3. The molecule has 18 heavy (non-hydrogen) atoms. The number of hydrogen-bond acceptors (Lipinski definition) is 2. The number of benzene rings is 1. The fourth-order valence-electron chi connectivity index (χ4n) is 1.84. The van der Waals surface area contributed by atoms with Crippen molar-refractivity contribution in [2.45, 2.75) is 11.9 Å². The van der Waals surface area contributed by atoms with Gasteiger partial charge in [0, 0.05) is 35.7 Å². The van der Waals surface area contributed by atoms with E-state index in [1.807, 2.05) is 43.6 Å². The van der Waals surface area contributed by atoms with Crippen LogP contribution in [0, 0.1) is 0 Å². The molecule has 0 fully saturated rings. The van der Waals surface area contributed by atoms with E-state index in [9.17, 15) is 0 Å². The summed E-state index contributed by atoms with van der Waals surface area (Å²) < 4.78 is 0. The smallest absolute Gasteiger partial charge is 0.132 e. The molecule has 0 N–H and O–H groups in total. The van der Waals surface area contributed by atoms with Gasteiger partial charge in [0.15, 0.2) is 0 Å². The Morgan fingerprint density at radius 3 is 2.61 bits per heavy atom. The molecule has 0 unspecified atom stereocenters. The van der Waals surface area contributed by atoms with Crippen molar-refractivity contribution in [3.05, 3.63) is 58.7 Å². The second kappa shape index (κ2) is 6.21. The molecule has 0 saturated heterocycles. The van der Waals surface area contributed by atoms with Crippen LogP contribution >= 0.6 is 27.5 Å². The van der Waals surface area contributed by atoms with E-state index in [2.05, 4.69) is 31.9 Å². The molecule has 4 heteroatoms. The summed E-state index contributed by atoms with van der Waals surface area (Å²) in [5, 5.41) is 1.59. The Labute approximate surface area is 121 Å². The van der Waals surface area contributed by atoms with Gasteiger partial charge in [-0.15, -0.1) is 0 Å². The Bertz CT molecular complexity index is 531. The van der Waals surface area contributed by atoms with Crippen LogP contribution in [-0.4, -0.2) is 12.0 Å². The Morgan fingerprint density at radius 1 is 1.17 bits per heavy atom. The first-order valence-electron chi connectivity index (χ1n) is 5.66. The molecule has 94 valence electrons. The fourth-order valence-corrected chi connectivity index (χ4v) is 2.47. The van der Waals surface area contributed by atoms with Gasteiger partial charge in [-0.05, 0) is 17.7 Å². The molecular weight excluding hydrogens is 312 g/mol. The molecule has 2 aromatic rings. The summed E-state index contributed by atoms with van der Waals surface area (Å²) in [5.74, 6) is 0.981. The number of nitrogens with zero attached hydrogens (tertiary/aromatic N) is 2. The largest absolute Gasteiger partial charge is 0.355 e. The van der Waals surface area contributed by atoms with E-state index in [-0.39, 0.29) is 0 Å². The average molecular weight is 326 g/mol. The van der Waals surface area contributed by atoms with Crippen LogP contribution < -0.4 is 4.90 Å². The van der Waals surface area contributed by atoms with Gasteiger partial charge in [-0.25, -0.2) is 4.98 Å². The highest BCUT2D eigenvalue weighted by molar-refractivity contribution is 9.08. The number of pyridine rings is 1. The van der Waals surface area contributed by atoms with Crippen molar-refractivity contribution in [1.29, 1.82) is 0 Å². The van der Waals surface area contributed by atoms with Crippen LogP contribution in [0.2, 0.25) is 5.02 Å². The normalized spacial score (nSPS) is 10.4. The quantitative estimate of drug-likeness (QED) is 0.781. The third kappa shape index (κ3) is 3.03. The molecule has 1 aromatic carbocycles. The molecule has 2 rings (SSSR count). The first kappa shape index (κ1) is 13.4. The molecule has 0 radical (unpaired) electrons. The predicted molar refractivity (Wildman–Crippen MR) is 80.4 cm³/mol. The average Bonchev–Trinajstić information content (AvgIpc) is 2.41. The van der Waals surface area contributed by atoms with Crippen LogP contribution in [0.25, 0.3) is 0 Å². The van der Waals surface area contributed by atoms with Gasteiger partial charge in [-0.3, -0.25) is 0 Å². The van der Waals surface area contributed by atoms with Crippen LogP contribution in [0.5, 0.6) is 0 Å². The number of rotatable bonds is 4. The van der Waals surface area contributed by atoms with Gasteiger partial charge in [0.2, 0.25) is 0 Å². The first-order valence-corrected chi connectivity index (χ1v) is 7.16. The van der Waals surface area contributed by atoms with E-state index < -0.39 is 0 Å². The number of anilines is 1. The molecule has 0 aliphatic carbocycles. The molecule has 0 aliphatic heterocycles.